The van der Waals surface area contributed by atoms with Crippen molar-refractivity contribution in [2.45, 2.75) is 19.1 Å². The second-order valence-electron chi connectivity index (χ2n) is 4.96. The van der Waals surface area contributed by atoms with E-state index in [-0.39, 0.29) is 0 Å². The molecule has 136 valence electrons. The predicted octanol–water partition coefficient (Wildman–Crippen LogP) is 4.38. The van der Waals surface area contributed by atoms with E-state index in [9.17, 15) is 13.2 Å². The minimum absolute atomic E-state index is 0.364. The van der Waals surface area contributed by atoms with Gasteiger partial charge in [0, 0.05) is 42.0 Å². The zero-order valence-corrected chi connectivity index (χ0v) is 15.5. The third-order valence-electron chi connectivity index (χ3n) is 3.16. The van der Waals surface area contributed by atoms with Crippen molar-refractivity contribution in [3.05, 3.63) is 49.9 Å². The number of nitrogens with zero attached hydrogens (tertiary/aromatic N) is 2. The number of hydrogen-bond acceptors (Lipinski definition) is 3. The van der Waals surface area contributed by atoms with Gasteiger partial charge in [-0.05, 0) is 17.7 Å². The molecule has 0 saturated carbocycles. The number of guanidine groups is 1. The lowest BCUT2D eigenvalue weighted by molar-refractivity contribution is -0.140. The Labute approximate surface area is 157 Å². The molecule has 0 saturated heterocycles. The van der Waals surface area contributed by atoms with Gasteiger partial charge in [0.2, 0.25) is 0 Å². The number of aliphatic imine (C=N–C) groups is 1. The quantitative estimate of drug-likeness (QED) is 0.567. The SMILES string of the molecule is CN=C(NCCc1nc(C(F)(F)F)cs1)NCc1ccc(Cl)cc1Cl. The van der Waals surface area contributed by atoms with Gasteiger partial charge in [0.25, 0.3) is 0 Å². The first kappa shape index (κ1) is 19.8. The fourth-order valence-corrected chi connectivity index (χ4v) is 3.19. The van der Waals surface area contributed by atoms with E-state index in [0.29, 0.717) is 40.5 Å². The molecule has 2 aromatic rings. The molecule has 0 aliphatic rings. The molecule has 2 N–H and O–H groups in total. The molecule has 0 fully saturated rings. The van der Waals surface area contributed by atoms with Crippen molar-refractivity contribution in [1.82, 2.24) is 15.6 Å². The maximum Gasteiger partial charge on any atom is 0.434 e. The summed E-state index contributed by atoms with van der Waals surface area (Å²) in [6.45, 7) is 0.837. The fraction of sp³-hybridized carbons (Fsp3) is 0.333. The number of benzene rings is 1. The Balaban J connectivity index is 1.81. The standard InChI is InChI=1S/C15H15Cl2F3N4S/c1-21-14(23-7-9-2-3-10(16)6-11(9)17)22-5-4-13-24-12(8-25-13)15(18,19)20/h2-3,6,8H,4-5,7H2,1H3,(H2,21,22,23). The van der Waals surface area contributed by atoms with Crippen LogP contribution in [0.3, 0.4) is 0 Å². The highest BCUT2D eigenvalue weighted by Gasteiger charge is 2.33. The molecular formula is C15H15Cl2F3N4S. The lowest BCUT2D eigenvalue weighted by Gasteiger charge is -2.12. The van der Waals surface area contributed by atoms with Gasteiger partial charge in [-0.15, -0.1) is 11.3 Å². The number of rotatable bonds is 5. The largest absolute Gasteiger partial charge is 0.434 e. The van der Waals surface area contributed by atoms with E-state index < -0.39 is 11.9 Å². The molecule has 1 aromatic carbocycles. The summed E-state index contributed by atoms with van der Waals surface area (Å²) < 4.78 is 37.5. The smallest absolute Gasteiger partial charge is 0.356 e. The zero-order chi connectivity index (χ0) is 18.4. The van der Waals surface area contributed by atoms with Crippen molar-refractivity contribution in [3.63, 3.8) is 0 Å². The maximum atomic E-state index is 12.5. The highest BCUT2D eigenvalue weighted by molar-refractivity contribution is 7.09. The summed E-state index contributed by atoms with van der Waals surface area (Å²) in [5.41, 5.74) is -0.00357. The number of hydrogen-bond donors (Lipinski definition) is 2. The van der Waals surface area contributed by atoms with E-state index in [1.807, 2.05) is 0 Å². The summed E-state index contributed by atoms with van der Waals surface area (Å²) in [5, 5.41) is 8.62. The number of alkyl halides is 3. The maximum absolute atomic E-state index is 12.5. The van der Waals surface area contributed by atoms with E-state index in [4.69, 9.17) is 23.2 Å². The van der Waals surface area contributed by atoms with Crippen molar-refractivity contribution < 1.29 is 13.2 Å². The van der Waals surface area contributed by atoms with Crippen LogP contribution in [-0.2, 0) is 19.1 Å². The molecule has 4 nitrogen and oxygen atoms in total. The normalized spacial score (nSPS) is 12.3. The Morgan fingerprint density at radius 2 is 2.04 bits per heavy atom. The van der Waals surface area contributed by atoms with Gasteiger partial charge >= 0.3 is 6.18 Å². The van der Waals surface area contributed by atoms with E-state index in [2.05, 4.69) is 20.6 Å². The number of nitrogens with one attached hydrogen (secondary N) is 2. The third-order valence-corrected chi connectivity index (χ3v) is 4.65. The summed E-state index contributed by atoms with van der Waals surface area (Å²) >= 11 is 12.9. The molecule has 0 radical (unpaired) electrons. The first-order chi connectivity index (χ1) is 11.8. The second-order valence-corrected chi connectivity index (χ2v) is 6.75. The second kappa shape index (κ2) is 8.73. The van der Waals surface area contributed by atoms with Crippen molar-refractivity contribution in [2.75, 3.05) is 13.6 Å². The Hall–Kier alpha value is -1.51. The Morgan fingerprint density at radius 3 is 2.64 bits per heavy atom. The summed E-state index contributed by atoms with van der Waals surface area (Å²) in [6.07, 6.45) is -4.04. The van der Waals surface area contributed by atoms with Crippen molar-refractivity contribution in [2.24, 2.45) is 4.99 Å². The zero-order valence-electron chi connectivity index (χ0n) is 13.1. The molecule has 10 heteroatoms. The highest BCUT2D eigenvalue weighted by Crippen LogP contribution is 2.30. The average Bonchev–Trinajstić information content (AvgIpc) is 3.01. The Bertz CT molecular complexity index is 747. The minimum atomic E-state index is -4.41. The van der Waals surface area contributed by atoms with Crippen molar-refractivity contribution in [1.29, 1.82) is 0 Å². The van der Waals surface area contributed by atoms with Crippen LogP contribution in [0.2, 0.25) is 10.0 Å². The van der Waals surface area contributed by atoms with Crippen LogP contribution in [0, 0.1) is 0 Å². The molecule has 2 rings (SSSR count). The first-order valence-electron chi connectivity index (χ1n) is 7.19. The lowest BCUT2D eigenvalue weighted by atomic mass is 10.2. The monoisotopic (exact) mass is 410 g/mol. The molecule has 0 bridgehead atoms. The van der Waals surface area contributed by atoms with Crippen LogP contribution >= 0.6 is 34.5 Å². The lowest BCUT2D eigenvalue weighted by Crippen LogP contribution is -2.37. The molecule has 1 heterocycles. The average molecular weight is 411 g/mol. The molecule has 0 amide bonds. The van der Waals surface area contributed by atoms with Gasteiger partial charge in [0.1, 0.15) is 0 Å². The van der Waals surface area contributed by atoms with Gasteiger partial charge < -0.3 is 10.6 Å². The van der Waals surface area contributed by atoms with Gasteiger partial charge in [-0.25, -0.2) is 4.98 Å². The molecule has 0 spiro atoms. The summed E-state index contributed by atoms with van der Waals surface area (Å²) in [4.78, 5) is 7.64. The molecule has 0 unspecified atom stereocenters. The van der Waals surface area contributed by atoms with Crippen LogP contribution in [0.25, 0.3) is 0 Å². The molecular weight excluding hydrogens is 396 g/mol. The Morgan fingerprint density at radius 1 is 1.28 bits per heavy atom. The van der Waals surface area contributed by atoms with E-state index in [1.54, 1.807) is 25.2 Å². The van der Waals surface area contributed by atoms with E-state index in [1.165, 1.54) is 0 Å². The summed E-state index contributed by atoms with van der Waals surface area (Å²) in [7, 11) is 1.60. The molecule has 0 aliphatic carbocycles. The van der Waals surface area contributed by atoms with Gasteiger partial charge in [0.05, 0.1) is 5.01 Å². The van der Waals surface area contributed by atoms with Crippen LogP contribution in [0.5, 0.6) is 0 Å². The van der Waals surface area contributed by atoms with E-state index in [0.717, 1.165) is 22.3 Å². The van der Waals surface area contributed by atoms with Crippen LogP contribution in [-0.4, -0.2) is 24.5 Å². The number of thiazole rings is 1. The molecule has 0 aliphatic heterocycles. The topological polar surface area (TPSA) is 49.3 Å². The van der Waals surface area contributed by atoms with Crippen LogP contribution in [0.15, 0.2) is 28.6 Å². The van der Waals surface area contributed by atoms with Crippen molar-refractivity contribution >= 4 is 40.5 Å². The Kier molecular flexibility index (Phi) is 6.92. The number of halogens is 5. The summed E-state index contributed by atoms with van der Waals surface area (Å²) in [6, 6.07) is 5.19. The molecule has 0 atom stereocenters. The highest BCUT2D eigenvalue weighted by atomic mass is 35.5. The van der Waals surface area contributed by atoms with Gasteiger partial charge in [-0.2, -0.15) is 13.2 Å². The molecule has 25 heavy (non-hydrogen) atoms. The fourth-order valence-electron chi connectivity index (χ4n) is 1.91. The van der Waals surface area contributed by atoms with Crippen LogP contribution in [0.1, 0.15) is 16.3 Å². The number of aromatic nitrogens is 1. The van der Waals surface area contributed by atoms with Gasteiger partial charge in [-0.1, -0.05) is 29.3 Å². The van der Waals surface area contributed by atoms with Crippen molar-refractivity contribution in [3.8, 4) is 0 Å². The van der Waals surface area contributed by atoms with Crippen LogP contribution < -0.4 is 10.6 Å². The van der Waals surface area contributed by atoms with E-state index >= 15 is 0 Å². The van der Waals surface area contributed by atoms with Gasteiger partial charge in [0.15, 0.2) is 11.7 Å². The van der Waals surface area contributed by atoms with Crippen LogP contribution in [0.4, 0.5) is 13.2 Å². The summed E-state index contributed by atoms with van der Waals surface area (Å²) in [5.74, 6) is 0.513. The third kappa shape index (κ3) is 6.05. The predicted molar refractivity (Wildman–Crippen MR) is 95.5 cm³/mol. The first-order valence-corrected chi connectivity index (χ1v) is 8.83. The minimum Gasteiger partial charge on any atom is -0.356 e. The molecule has 1 aromatic heterocycles. The van der Waals surface area contributed by atoms with Gasteiger partial charge in [-0.3, -0.25) is 4.99 Å².